The molecule has 0 aliphatic rings. The molecule has 0 amide bonds. The summed E-state index contributed by atoms with van der Waals surface area (Å²) in [7, 11) is 2.10. The normalized spacial score (nSPS) is 10.7. The molecule has 0 saturated heterocycles. The van der Waals surface area contributed by atoms with Gasteiger partial charge in [0.25, 0.3) is 0 Å². The maximum atomic E-state index is 5.52. The first-order chi connectivity index (χ1) is 9.10. The molecule has 0 bridgehead atoms. The summed E-state index contributed by atoms with van der Waals surface area (Å²) in [4.78, 5) is 2.23. The second kappa shape index (κ2) is 5.84. The van der Waals surface area contributed by atoms with Crippen LogP contribution >= 0.6 is 0 Å². The molecule has 5 nitrogen and oxygen atoms in total. The number of hydrogen-bond acceptors (Lipinski definition) is 4. The number of rotatable bonds is 5. The van der Waals surface area contributed by atoms with Gasteiger partial charge in [-0.25, -0.2) is 0 Å². The number of benzene rings is 1. The minimum absolute atomic E-state index is 0.437. The van der Waals surface area contributed by atoms with Crippen LogP contribution in [0, 0.1) is 13.8 Å². The van der Waals surface area contributed by atoms with Crippen LogP contribution in [0.3, 0.4) is 0 Å². The third-order valence-corrected chi connectivity index (χ3v) is 3.22. The Kier molecular flexibility index (Phi) is 4.16. The second-order valence-corrected chi connectivity index (χ2v) is 4.89. The average molecular weight is 259 g/mol. The molecule has 19 heavy (non-hydrogen) atoms. The Bertz CT molecular complexity index is 547. The molecule has 1 aromatic carbocycles. The quantitative estimate of drug-likeness (QED) is 0.883. The Hall–Kier alpha value is -1.88. The highest BCUT2D eigenvalue weighted by molar-refractivity contribution is 5.53. The molecule has 0 spiro atoms. The Balaban J connectivity index is 1.98. The fourth-order valence-corrected chi connectivity index (χ4v) is 2.15. The van der Waals surface area contributed by atoms with Crippen LogP contribution in [0.4, 0.5) is 5.69 Å². The van der Waals surface area contributed by atoms with Crippen molar-refractivity contribution in [1.29, 1.82) is 0 Å². The van der Waals surface area contributed by atoms with Crippen molar-refractivity contribution in [3.05, 3.63) is 41.2 Å². The summed E-state index contributed by atoms with van der Waals surface area (Å²) in [6.45, 7) is 6.38. The number of aryl methyl sites for hydroxylation is 2. The summed E-state index contributed by atoms with van der Waals surface area (Å²) in [5.74, 6) is 0. The van der Waals surface area contributed by atoms with E-state index in [2.05, 4.69) is 54.3 Å². The van der Waals surface area contributed by atoms with Gasteiger partial charge in [-0.1, -0.05) is 22.9 Å². The van der Waals surface area contributed by atoms with E-state index in [-0.39, 0.29) is 0 Å². The van der Waals surface area contributed by atoms with Crippen molar-refractivity contribution >= 4 is 5.69 Å². The van der Waals surface area contributed by atoms with E-state index in [9.17, 15) is 0 Å². The van der Waals surface area contributed by atoms with Gasteiger partial charge in [-0.2, -0.15) is 0 Å². The van der Waals surface area contributed by atoms with Gasteiger partial charge in [-0.05, 0) is 25.5 Å². The molecule has 0 fully saturated rings. The smallest absolute Gasteiger partial charge is 0.0962 e. The van der Waals surface area contributed by atoms with Crippen LogP contribution < -0.4 is 10.6 Å². The summed E-state index contributed by atoms with van der Waals surface area (Å²) in [6, 6.07) is 6.51. The third kappa shape index (κ3) is 3.32. The molecule has 0 saturated carbocycles. The van der Waals surface area contributed by atoms with Crippen LogP contribution in [0.5, 0.6) is 0 Å². The van der Waals surface area contributed by atoms with E-state index in [1.807, 2.05) is 10.9 Å². The minimum atomic E-state index is 0.437. The van der Waals surface area contributed by atoms with E-state index in [1.54, 1.807) is 0 Å². The van der Waals surface area contributed by atoms with Gasteiger partial charge in [0.1, 0.15) is 0 Å². The number of likely N-dealkylation sites (N-methyl/N-ethyl adjacent to an activating group) is 1. The first-order valence-corrected chi connectivity index (χ1v) is 6.47. The fourth-order valence-electron chi connectivity index (χ4n) is 2.15. The van der Waals surface area contributed by atoms with Crippen molar-refractivity contribution in [2.45, 2.75) is 26.9 Å². The van der Waals surface area contributed by atoms with Crippen molar-refractivity contribution in [2.75, 3.05) is 18.5 Å². The molecule has 2 aromatic rings. The van der Waals surface area contributed by atoms with Crippen LogP contribution in [0.25, 0.3) is 0 Å². The Morgan fingerprint density at radius 2 is 2.11 bits per heavy atom. The lowest BCUT2D eigenvalue weighted by atomic mass is 10.1. The minimum Gasteiger partial charge on any atom is -0.373 e. The summed E-state index contributed by atoms with van der Waals surface area (Å²) in [6.07, 6.45) is 1.90. The van der Waals surface area contributed by atoms with Crippen LogP contribution in [-0.4, -0.2) is 28.6 Å². The summed E-state index contributed by atoms with van der Waals surface area (Å²) in [5, 5.41) is 8.03. The monoisotopic (exact) mass is 259 g/mol. The first-order valence-electron chi connectivity index (χ1n) is 6.47. The maximum Gasteiger partial charge on any atom is 0.0962 e. The zero-order chi connectivity index (χ0) is 13.8. The van der Waals surface area contributed by atoms with Gasteiger partial charge in [-0.3, -0.25) is 4.68 Å². The van der Waals surface area contributed by atoms with Crippen molar-refractivity contribution in [1.82, 2.24) is 15.0 Å². The van der Waals surface area contributed by atoms with Gasteiger partial charge in [0.2, 0.25) is 0 Å². The zero-order valence-electron chi connectivity index (χ0n) is 11.8. The molecule has 102 valence electrons. The highest BCUT2D eigenvalue weighted by Crippen LogP contribution is 2.19. The van der Waals surface area contributed by atoms with E-state index in [0.717, 1.165) is 18.8 Å². The van der Waals surface area contributed by atoms with E-state index in [4.69, 9.17) is 5.73 Å². The number of anilines is 1. The predicted molar refractivity (Wildman–Crippen MR) is 77.1 cm³/mol. The molecule has 1 heterocycles. The highest BCUT2D eigenvalue weighted by atomic mass is 15.4. The molecule has 0 atom stereocenters. The Morgan fingerprint density at radius 1 is 1.32 bits per heavy atom. The Morgan fingerprint density at radius 3 is 2.74 bits per heavy atom. The van der Waals surface area contributed by atoms with Gasteiger partial charge < -0.3 is 10.6 Å². The van der Waals surface area contributed by atoms with E-state index in [0.29, 0.717) is 6.54 Å². The van der Waals surface area contributed by atoms with Gasteiger partial charge in [-0.15, -0.1) is 5.10 Å². The number of nitrogens with zero attached hydrogens (tertiary/aromatic N) is 4. The average Bonchev–Trinajstić information content (AvgIpc) is 2.84. The molecule has 2 rings (SSSR count). The number of aromatic nitrogens is 3. The van der Waals surface area contributed by atoms with Gasteiger partial charge in [0.15, 0.2) is 0 Å². The number of nitrogens with two attached hydrogens (primary N) is 1. The van der Waals surface area contributed by atoms with Crippen molar-refractivity contribution < 1.29 is 0 Å². The lowest BCUT2D eigenvalue weighted by Crippen LogP contribution is -2.23. The van der Waals surface area contributed by atoms with Crippen LogP contribution in [-0.2, 0) is 13.1 Å². The summed E-state index contributed by atoms with van der Waals surface area (Å²) >= 11 is 0. The van der Waals surface area contributed by atoms with Crippen molar-refractivity contribution in [3.8, 4) is 0 Å². The predicted octanol–water partition coefficient (Wildman–Crippen LogP) is 1.49. The van der Waals surface area contributed by atoms with Crippen LogP contribution in [0.1, 0.15) is 16.8 Å². The molecule has 0 aliphatic heterocycles. The molecular formula is C14H21N5. The summed E-state index contributed by atoms with van der Waals surface area (Å²) < 4.78 is 1.84. The Labute approximate surface area is 114 Å². The SMILES string of the molecule is Cc1ccc(N(C)CCn2cc(CN)nn2)c(C)c1. The lowest BCUT2D eigenvalue weighted by Gasteiger charge is -2.21. The van der Waals surface area contributed by atoms with Gasteiger partial charge in [0.05, 0.1) is 12.2 Å². The van der Waals surface area contributed by atoms with Gasteiger partial charge >= 0.3 is 0 Å². The third-order valence-electron chi connectivity index (χ3n) is 3.22. The van der Waals surface area contributed by atoms with Gasteiger partial charge in [0, 0.05) is 32.0 Å². The lowest BCUT2D eigenvalue weighted by molar-refractivity contribution is 0.587. The molecular weight excluding hydrogens is 238 g/mol. The molecule has 0 aliphatic carbocycles. The zero-order valence-corrected chi connectivity index (χ0v) is 11.8. The topological polar surface area (TPSA) is 60.0 Å². The van der Waals surface area contributed by atoms with Crippen LogP contribution in [0.15, 0.2) is 24.4 Å². The first kappa shape index (κ1) is 13.5. The number of hydrogen-bond donors (Lipinski definition) is 1. The van der Waals surface area contributed by atoms with E-state index >= 15 is 0 Å². The molecule has 5 heteroatoms. The maximum absolute atomic E-state index is 5.52. The second-order valence-electron chi connectivity index (χ2n) is 4.89. The van der Waals surface area contributed by atoms with Crippen molar-refractivity contribution in [2.24, 2.45) is 5.73 Å². The molecule has 1 aromatic heterocycles. The standard InChI is InChI=1S/C14H21N5/c1-11-4-5-14(12(2)8-11)18(3)6-7-19-10-13(9-15)16-17-19/h4-5,8,10H,6-7,9,15H2,1-3H3. The largest absolute Gasteiger partial charge is 0.373 e. The summed E-state index contributed by atoms with van der Waals surface area (Å²) in [5.41, 5.74) is 10.2. The fraction of sp³-hybridized carbons (Fsp3) is 0.429. The van der Waals surface area contributed by atoms with Crippen molar-refractivity contribution in [3.63, 3.8) is 0 Å². The molecule has 2 N–H and O–H groups in total. The van der Waals surface area contributed by atoms with E-state index in [1.165, 1.54) is 16.8 Å². The highest BCUT2D eigenvalue weighted by Gasteiger charge is 2.05. The van der Waals surface area contributed by atoms with Crippen LogP contribution in [0.2, 0.25) is 0 Å². The molecule has 0 unspecified atom stereocenters. The van der Waals surface area contributed by atoms with E-state index < -0.39 is 0 Å². The molecule has 0 radical (unpaired) electrons.